The lowest BCUT2D eigenvalue weighted by Gasteiger charge is -2.36. The molecule has 2 heterocycles. The van der Waals surface area contributed by atoms with Crippen molar-refractivity contribution in [2.75, 3.05) is 13.2 Å². The average molecular weight is 223 g/mol. The molecular weight excluding hydrogens is 202 g/mol. The zero-order valence-corrected chi connectivity index (χ0v) is 9.98. The fourth-order valence-electron chi connectivity index (χ4n) is 2.84. The van der Waals surface area contributed by atoms with E-state index in [1.807, 2.05) is 12.1 Å². The summed E-state index contributed by atoms with van der Waals surface area (Å²) in [5.74, 6) is 0.996. The van der Waals surface area contributed by atoms with Gasteiger partial charge >= 0.3 is 0 Å². The molecule has 16 heavy (non-hydrogen) atoms. The van der Waals surface area contributed by atoms with E-state index in [2.05, 4.69) is 11.8 Å². The molecule has 1 saturated heterocycles. The fourth-order valence-corrected chi connectivity index (χ4v) is 2.84. The molecule has 0 radical (unpaired) electrons. The molecule has 1 N–H and O–H groups in total. The Labute approximate surface area is 97.1 Å². The van der Waals surface area contributed by atoms with Crippen LogP contribution < -0.4 is 0 Å². The highest BCUT2D eigenvalue weighted by atomic mass is 16.3. The summed E-state index contributed by atoms with van der Waals surface area (Å²) in [6.07, 6.45) is 6.20. The summed E-state index contributed by atoms with van der Waals surface area (Å²) in [6.45, 7) is 4.34. The van der Waals surface area contributed by atoms with E-state index in [4.69, 9.17) is 4.42 Å². The Morgan fingerprint density at radius 3 is 3.06 bits per heavy atom. The number of likely N-dealkylation sites (tertiary alicyclic amines) is 1. The first-order valence-corrected chi connectivity index (χ1v) is 6.19. The molecule has 1 aromatic rings. The van der Waals surface area contributed by atoms with Gasteiger partial charge in [-0.3, -0.25) is 4.90 Å². The average Bonchev–Trinajstić information content (AvgIpc) is 2.91. The Kier molecular flexibility index (Phi) is 3.66. The van der Waals surface area contributed by atoms with Crippen LogP contribution in [0.3, 0.4) is 0 Å². The minimum atomic E-state index is 0.00153. The summed E-state index contributed by atoms with van der Waals surface area (Å²) in [6, 6.07) is 3.93. The van der Waals surface area contributed by atoms with Crippen LogP contribution in [-0.2, 0) is 6.54 Å². The smallest absolute Gasteiger partial charge is 0.117 e. The van der Waals surface area contributed by atoms with Crippen LogP contribution >= 0.6 is 0 Å². The second-order valence-electron chi connectivity index (χ2n) is 4.74. The van der Waals surface area contributed by atoms with Crippen molar-refractivity contribution >= 4 is 0 Å². The van der Waals surface area contributed by atoms with Crippen LogP contribution in [0, 0.1) is 0 Å². The molecule has 0 aromatic carbocycles. The Bertz CT molecular complexity index is 310. The summed E-state index contributed by atoms with van der Waals surface area (Å²) in [4.78, 5) is 2.38. The lowest BCUT2D eigenvalue weighted by Crippen LogP contribution is -2.46. The second kappa shape index (κ2) is 5.02. The maximum absolute atomic E-state index is 9.67. The maximum Gasteiger partial charge on any atom is 0.117 e. The van der Waals surface area contributed by atoms with E-state index < -0.39 is 0 Å². The molecular formula is C13H21NO2. The number of aliphatic hydroxyl groups excluding tert-OH is 1. The third-order valence-electron chi connectivity index (χ3n) is 3.68. The standard InChI is InChI=1S/C13H21NO2/c1-2-6-13(11-15)7-4-8-14(13)10-12-5-3-9-16-12/h3,5,9,15H,2,4,6-8,10-11H2,1H3/t13-/m0/s1. The van der Waals surface area contributed by atoms with Crippen LogP contribution in [0.1, 0.15) is 38.4 Å². The number of hydrogen-bond donors (Lipinski definition) is 1. The van der Waals surface area contributed by atoms with E-state index in [-0.39, 0.29) is 12.1 Å². The van der Waals surface area contributed by atoms with Crippen LogP contribution in [0.25, 0.3) is 0 Å². The van der Waals surface area contributed by atoms with Gasteiger partial charge in [0, 0.05) is 5.54 Å². The molecule has 0 bridgehead atoms. The largest absolute Gasteiger partial charge is 0.468 e. The Balaban J connectivity index is 2.07. The summed E-state index contributed by atoms with van der Waals surface area (Å²) in [7, 11) is 0. The number of hydrogen-bond acceptors (Lipinski definition) is 3. The monoisotopic (exact) mass is 223 g/mol. The fraction of sp³-hybridized carbons (Fsp3) is 0.692. The van der Waals surface area contributed by atoms with Crippen molar-refractivity contribution in [2.45, 2.75) is 44.7 Å². The van der Waals surface area contributed by atoms with Gasteiger partial charge in [-0.2, -0.15) is 0 Å². The van der Waals surface area contributed by atoms with Crippen LogP contribution in [0.2, 0.25) is 0 Å². The lowest BCUT2D eigenvalue weighted by atomic mass is 9.91. The van der Waals surface area contributed by atoms with E-state index in [1.165, 1.54) is 6.42 Å². The lowest BCUT2D eigenvalue weighted by molar-refractivity contribution is 0.0457. The summed E-state index contributed by atoms with van der Waals surface area (Å²) in [5, 5.41) is 9.67. The van der Waals surface area contributed by atoms with Gasteiger partial charge in [-0.05, 0) is 37.9 Å². The number of rotatable bonds is 5. The zero-order valence-electron chi connectivity index (χ0n) is 9.98. The van der Waals surface area contributed by atoms with E-state index in [9.17, 15) is 5.11 Å². The summed E-state index contributed by atoms with van der Waals surface area (Å²) < 4.78 is 5.39. The molecule has 1 aliphatic rings. The van der Waals surface area contributed by atoms with Crippen molar-refractivity contribution in [3.63, 3.8) is 0 Å². The Morgan fingerprint density at radius 2 is 2.44 bits per heavy atom. The van der Waals surface area contributed by atoms with Crippen LogP contribution in [-0.4, -0.2) is 28.7 Å². The Morgan fingerprint density at radius 1 is 1.56 bits per heavy atom. The SMILES string of the molecule is CCC[C@@]1(CO)CCCN1Cc1ccco1. The van der Waals surface area contributed by atoms with E-state index in [0.717, 1.165) is 38.1 Å². The van der Waals surface area contributed by atoms with Crippen molar-refractivity contribution in [2.24, 2.45) is 0 Å². The molecule has 3 heteroatoms. The van der Waals surface area contributed by atoms with E-state index in [1.54, 1.807) is 6.26 Å². The molecule has 0 spiro atoms. The van der Waals surface area contributed by atoms with Gasteiger partial charge in [0.25, 0.3) is 0 Å². The zero-order chi connectivity index (χ0) is 11.4. The van der Waals surface area contributed by atoms with Crippen molar-refractivity contribution in [1.82, 2.24) is 4.90 Å². The van der Waals surface area contributed by atoms with Crippen molar-refractivity contribution in [1.29, 1.82) is 0 Å². The van der Waals surface area contributed by atoms with Gasteiger partial charge in [-0.25, -0.2) is 0 Å². The molecule has 1 atom stereocenters. The van der Waals surface area contributed by atoms with Crippen molar-refractivity contribution in [3.8, 4) is 0 Å². The highest BCUT2D eigenvalue weighted by Gasteiger charge is 2.39. The molecule has 1 fully saturated rings. The van der Waals surface area contributed by atoms with E-state index >= 15 is 0 Å². The topological polar surface area (TPSA) is 36.6 Å². The van der Waals surface area contributed by atoms with Crippen LogP contribution in [0.4, 0.5) is 0 Å². The van der Waals surface area contributed by atoms with E-state index in [0.29, 0.717) is 0 Å². The van der Waals surface area contributed by atoms with Crippen LogP contribution in [0.5, 0.6) is 0 Å². The predicted octanol–water partition coefficient (Wildman–Crippen LogP) is 2.41. The van der Waals surface area contributed by atoms with Gasteiger partial charge in [0.15, 0.2) is 0 Å². The van der Waals surface area contributed by atoms with Crippen molar-refractivity contribution < 1.29 is 9.52 Å². The van der Waals surface area contributed by atoms with Gasteiger partial charge < -0.3 is 9.52 Å². The number of furan rings is 1. The van der Waals surface area contributed by atoms with Crippen molar-refractivity contribution in [3.05, 3.63) is 24.2 Å². The van der Waals surface area contributed by atoms with Gasteiger partial charge in [-0.1, -0.05) is 13.3 Å². The first-order valence-electron chi connectivity index (χ1n) is 6.19. The van der Waals surface area contributed by atoms with Gasteiger partial charge in [0.2, 0.25) is 0 Å². The van der Waals surface area contributed by atoms with Crippen LogP contribution in [0.15, 0.2) is 22.8 Å². The molecule has 1 aliphatic heterocycles. The second-order valence-corrected chi connectivity index (χ2v) is 4.74. The molecule has 1 aromatic heterocycles. The summed E-state index contributed by atoms with van der Waals surface area (Å²) >= 11 is 0. The molecule has 0 amide bonds. The molecule has 0 aliphatic carbocycles. The first-order chi connectivity index (χ1) is 7.80. The van der Waals surface area contributed by atoms with Gasteiger partial charge in [0.05, 0.1) is 19.4 Å². The highest BCUT2D eigenvalue weighted by Crippen LogP contribution is 2.34. The highest BCUT2D eigenvalue weighted by molar-refractivity contribution is 5.02. The quantitative estimate of drug-likeness (QED) is 0.832. The third-order valence-corrected chi connectivity index (χ3v) is 3.68. The maximum atomic E-state index is 9.67. The normalized spacial score (nSPS) is 26.4. The minimum absolute atomic E-state index is 0.00153. The summed E-state index contributed by atoms with van der Waals surface area (Å²) in [5.41, 5.74) is 0.00153. The number of nitrogens with zero attached hydrogens (tertiary/aromatic N) is 1. The van der Waals surface area contributed by atoms with Gasteiger partial charge in [-0.15, -0.1) is 0 Å². The molecule has 90 valence electrons. The van der Waals surface area contributed by atoms with Gasteiger partial charge in [0.1, 0.15) is 5.76 Å². The third kappa shape index (κ3) is 2.15. The predicted molar refractivity (Wildman–Crippen MR) is 63.1 cm³/mol. The molecule has 0 unspecified atom stereocenters. The number of aliphatic hydroxyl groups is 1. The molecule has 2 rings (SSSR count). The minimum Gasteiger partial charge on any atom is -0.468 e. The Hall–Kier alpha value is -0.800. The molecule has 3 nitrogen and oxygen atoms in total. The molecule has 0 saturated carbocycles. The first kappa shape index (κ1) is 11.7.